The predicted molar refractivity (Wildman–Crippen MR) is 67.6 cm³/mol. The molecule has 3 heteroatoms. The maximum atomic E-state index is 6.10. The summed E-state index contributed by atoms with van der Waals surface area (Å²) in [4.78, 5) is 0. The fourth-order valence-electron chi connectivity index (χ4n) is 1.24. The molecule has 0 spiro atoms. The Morgan fingerprint density at radius 2 is 1.87 bits per heavy atom. The molecule has 1 aromatic carbocycles. The van der Waals surface area contributed by atoms with Crippen LogP contribution in [-0.4, -0.2) is 6.04 Å². The van der Waals surface area contributed by atoms with Crippen molar-refractivity contribution in [2.24, 2.45) is 11.1 Å². The molecule has 0 amide bonds. The number of benzene rings is 1. The SMILES string of the molecule is CC(C)(C)C(N)Cc1cc(Cl)ccc1Cl. The van der Waals surface area contributed by atoms with Crippen molar-refractivity contribution < 1.29 is 0 Å². The molecule has 0 aliphatic heterocycles. The second-order valence-electron chi connectivity index (χ2n) is 4.91. The van der Waals surface area contributed by atoms with Gasteiger partial charge >= 0.3 is 0 Å². The predicted octanol–water partition coefficient (Wildman–Crippen LogP) is 3.91. The molecule has 2 N–H and O–H groups in total. The minimum absolute atomic E-state index is 0.0750. The maximum absolute atomic E-state index is 6.10. The van der Waals surface area contributed by atoms with Gasteiger partial charge in [0.1, 0.15) is 0 Å². The van der Waals surface area contributed by atoms with Gasteiger partial charge in [-0.05, 0) is 35.6 Å². The second kappa shape index (κ2) is 4.73. The molecule has 1 unspecified atom stereocenters. The van der Waals surface area contributed by atoms with Gasteiger partial charge in [0.15, 0.2) is 0 Å². The number of hydrogen-bond acceptors (Lipinski definition) is 1. The molecular formula is C12H17Cl2N. The Hall–Kier alpha value is -0.240. The largest absolute Gasteiger partial charge is 0.327 e. The first-order chi connectivity index (χ1) is 6.80. The van der Waals surface area contributed by atoms with Crippen molar-refractivity contribution in [3.05, 3.63) is 33.8 Å². The van der Waals surface area contributed by atoms with Crippen LogP contribution in [0.15, 0.2) is 18.2 Å². The zero-order valence-electron chi connectivity index (χ0n) is 9.35. The molecular weight excluding hydrogens is 229 g/mol. The van der Waals surface area contributed by atoms with E-state index in [2.05, 4.69) is 20.8 Å². The van der Waals surface area contributed by atoms with Gasteiger partial charge in [-0.25, -0.2) is 0 Å². The van der Waals surface area contributed by atoms with Gasteiger partial charge < -0.3 is 5.73 Å². The monoisotopic (exact) mass is 245 g/mol. The Labute approximate surface area is 102 Å². The van der Waals surface area contributed by atoms with Gasteiger partial charge in [0.2, 0.25) is 0 Å². The molecule has 0 aromatic heterocycles. The van der Waals surface area contributed by atoms with Crippen LogP contribution in [0.25, 0.3) is 0 Å². The van der Waals surface area contributed by atoms with E-state index >= 15 is 0 Å². The summed E-state index contributed by atoms with van der Waals surface area (Å²) in [6.45, 7) is 6.36. The van der Waals surface area contributed by atoms with E-state index in [1.165, 1.54) is 0 Å². The minimum Gasteiger partial charge on any atom is -0.327 e. The fraction of sp³-hybridized carbons (Fsp3) is 0.500. The lowest BCUT2D eigenvalue weighted by Gasteiger charge is -2.27. The Bertz CT molecular complexity index is 342. The van der Waals surface area contributed by atoms with E-state index in [1.807, 2.05) is 12.1 Å². The van der Waals surface area contributed by atoms with E-state index in [-0.39, 0.29) is 11.5 Å². The van der Waals surface area contributed by atoms with Crippen LogP contribution in [0.5, 0.6) is 0 Å². The van der Waals surface area contributed by atoms with Gasteiger partial charge in [0, 0.05) is 16.1 Å². The first-order valence-corrected chi connectivity index (χ1v) is 5.76. The molecule has 0 aliphatic carbocycles. The highest BCUT2D eigenvalue weighted by Gasteiger charge is 2.21. The molecule has 0 heterocycles. The van der Waals surface area contributed by atoms with E-state index in [9.17, 15) is 0 Å². The van der Waals surface area contributed by atoms with Gasteiger partial charge in [0.25, 0.3) is 0 Å². The van der Waals surface area contributed by atoms with Crippen molar-refractivity contribution >= 4 is 23.2 Å². The third-order valence-electron chi connectivity index (χ3n) is 2.56. The van der Waals surface area contributed by atoms with Crippen LogP contribution < -0.4 is 5.73 Å². The summed E-state index contributed by atoms with van der Waals surface area (Å²) < 4.78 is 0. The highest BCUT2D eigenvalue weighted by Crippen LogP contribution is 2.26. The zero-order chi connectivity index (χ0) is 11.6. The average Bonchev–Trinajstić information content (AvgIpc) is 2.09. The average molecular weight is 246 g/mol. The smallest absolute Gasteiger partial charge is 0.0439 e. The topological polar surface area (TPSA) is 26.0 Å². The summed E-state index contributed by atoms with van der Waals surface area (Å²) >= 11 is 12.0. The number of halogens is 2. The number of nitrogens with two attached hydrogens (primary N) is 1. The molecule has 0 bridgehead atoms. The van der Waals surface area contributed by atoms with Gasteiger partial charge in [-0.3, -0.25) is 0 Å². The molecule has 15 heavy (non-hydrogen) atoms. The van der Waals surface area contributed by atoms with Crippen LogP contribution in [0, 0.1) is 5.41 Å². The van der Waals surface area contributed by atoms with Crippen LogP contribution in [-0.2, 0) is 6.42 Å². The Morgan fingerprint density at radius 3 is 2.40 bits per heavy atom. The lowest BCUT2D eigenvalue weighted by Crippen LogP contribution is -2.36. The van der Waals surface area contributed by atoms with Crippen LogP contribution in [0.4, 0.5) is 0 Å². The molecule has 84 valence electrons. The summed E-state index contributed by atoms with van der Waals surface area (Å²) in [7, 11) is 0. The van der Waals surface area contributed by atoms with Gasteiger partial charge in [0.05, 0.1) is 0 Å². The lowest BCUT2D eigenvalue weighted by atomic mass is 9.84. The molecule has 0 aliphatic rings. The van der Waals surface area contributed by atoms with Crippen LogP contribution in [0.3, 0.4) is 0 Å². The summed E-state index contributed by atoms with van der Waals surface area (Å²) in [6, 6.07) is 5.56. The van der Waals surface area contributed by atoms with E-state index in [0.717, 1.165) is 17.0 Å². The third-order valence-corrected chi connectivity index (χ3v) is 3.16. The maximum Gasteiger partial charge on any atom is 0.0439 e. The fourth-order valence-corrected chi connectivity index (χ4v) is 1.63. The lowest BCUT2D eigenvalue weighted by molar-refractivity contribution is 0.318. The Balaban J connectivity index is 2.85. The normalized spacial score (nSPS) is 14.0. The Kier molecular flexibility index (Phi) is 4.05. The highest BCUT2D eigenvalue weighted by molar-refractivity contribution is 6.33. The van der Waals surface area contributed by atoms with Crippen LogP contribution in [0.2, 0.25) is 10.0 Å². The van der Waals surface area contributed by atoms with Gasteiger partial charge in [-0.1, -0.05) is 44.0 Å². The zero-order valence-corrected chi connectivity index (χ0v) is 10.9. The summed E-state index contributed by atoms with van der Waals surface area (Å²) in [6.07, 6.45) is 0.753. The second-order valence-corrected chi connectivity index (χ2v) is 5.76. The summed E-state index contributed by atoms with van der Waals surface area (Å²) in [5, 5.41) is 1.44. The third kappa shape index (κ3) is 3.67. The van der Waals surface area contributed by atoms with Crippen molar-refractivity contribution in [3.8, 4) is 0 Å². The first kappa shape index (κ1) is 12.8. The quantitative estimate of drug-likeness (QED) is 0.841. The Morgan fingerprint density at radius 1 is 1.27 bits per heavy atom. The van der Waals surface area contributed by atoms with Crippen molar-refractivity contribution in [1.29, 1.82) is 0 Å². The molecule has 1 aromatic rings. The van der Waals surface area contributed by atoms with Gasteiger partial charge in [-0.15, -0.1) is 0 Å². The number of hydrogen-bond donors (Lipinski definition) is 1. The molecule has 1 atom stereocenters. The molecule has 1 rings (SSSR count). The van der Waals surface area contributed by atoms with Crippen molar-refractivity contribution in [2.45, 2.75) is 33.2 Å². The molecule has 0 fully saturated rings. The van der Waals surface area contributed by atoms with Crippen LogP contribution >= 0.6 is 23.2 Å². The molecule has 0 saturated carbocycles. The van der Waals surface area contributed by atoms with E-state index in [0.29, 0.717) is 5.02 Å². The molecule has 0 radical (unpaired) electrons. The first-order valence-electron chi connectivity index (χ1n) is 5.00. The number of rotatable bonds is 2. The summed E-state index contributed by atoms with van der Waals surface area (Å²) in [5.74, 6) is 0. The van der Waals surface area contributed by atoms with Crippen molar-refractivity contribution in [3.63, 3.8) is 0 Å². The van der Waals surface area contributed by atoms with Crippen molar-refractivity contribution in [1.82, 2.24) is 0 Å². The summed E-state index contributed by atoms with van der Waals surface area (Å²) in [5.41, 5.74) is 7.20. The van der Waals surface area contributed by atoms with Crippen LogP contribution in [0.1, 0.15) is 26.3 Å². The molecule has 0 saturated heterocycles. The van der Waals surface area contributed by atoms with E-state index < -0.39 is 0 Å². The highest BCUT2D eigenvalue weighted by atomic mass is 35.5. The van der Waals surface area contributed by atoms with E-state index in [1.54, 1.807) is 6.07 Å². The standard InChI is InChI=1S/C12H17Cl2N/c1-12(2,3)11(15)7-8-6-9(13)4-5-10(8)14/h4-6,11H,7,15H2,1-3H3. The minimum atomic E-state index is 0.0750. The van der Waals surface area contributed by atoms with Gasteiger partial charge in [-0.2, -0.15) is 0 Å². The van der Waals surface area contributed by atoms with Crippen molar-refractivity contribution in [2.75, 3.05) is 0 Å². The van der Waals surface area contributed by atoms with E-state index in [4.69, 9.17) is 28.9 Å². The molecule has 1 nitrogen and oxygen atoms in total.